The number of hydrogen-bond acceptors (Lipinski definition) is 7. The summed E-state index contributed by atoms with van der Waals surface area (Å²) in [5.74, 6) is 1.33. The number of halogens is 1. The number of nitrogens with zero attached hydrogens (tertiary/aromatic N) is 4. The molecule has 2 aromatic rings. The van der Waals surface area contributed by atoms with Crippen LogP contribution >= 0.6 is 11.6 Å². The van der Waals surface area contributed by atoms with Crippen molar-refractivity contribution in [2.24, 2.45) is 0 Å². The third-order valence-corrected chi connectivity index (χ3v) is 15.8. The van der Waals surface area contributed by atoms with Crippen LogP contribution in [0.1, 0.15) is 52.7 Å². The van der Waals surface area contributed by atoms with E-state index in [1.807, 2.05) is 30.1 Å². The lowest BCUT2D eigenvalue weighted by molar-refractivity contribution is 0.190. The molecule has 0 bridgehead atoms. The number of aromatic nitrogens is 2. The Morgan fingerprint density at radius 3 is 2.30 bits per heavy atom. The fraction of sp³-hybridized carbons (Fsp3) is 0.615. The third-order valence-electron chi connectivity index (χ3n) is 7.50. The smallest absolute Gasteiger partial charge is 0.228 e. The summed E-state index contributed by atoms with van der Waals surface area (Å²) in [6.45, 7) is 14.8. The Morgan fingerprint density at radius 1 is 1.11 bits per heavy atom. The Kier molecular flexibility index (Phi) is 10.0. The second kappa shape index (κ2) is 12.4. The molecule has 1 aromatic heterocycles. The molecule has 0 amide bonds. The maximum absolute atomic E-state index is 13.3. The minimum Gasteiger partial charge on any atom is -0.414 e. The molecule has 1 aliphatic rings. The molecule has 37 heavy (non-hydrogen) atoms. The van der Waals surface area contributed by atoms with E-state index in [0.717, 1.165) is 11.1 Å². The van der Waals surface area contributed by atoms with Gasteiger partial charge in [0.05, 0.1) is 18.2 Å². The molecule has 1 atom stereocenters. The van der Waals surface area contributed by atoms with Crippen molar-refractivity contribution < 1.29 is 12.8 Å². The van der Waals surface area contributed by atoms with E-state index in [4.69, 9.17) is 16.0 Å². The molecule has 0 aliphatic carbocycles. The summed E-state index contributed by atoms with van der Waals surface area (Å²) in [5.41, 5.74) is 3.05. The van der Waals surface area contributed by atoms with E-state index >= 15 is 0 Å². The number of rotatable bonds is 11. The summed E-state index contributed by atoms with van der Waals surface area (Å²) >= 11 is 6.00. The van der Waals surface area contributed by atoms with Crippen LogP contribution in [-0.4, -0.2) is 62.5 Å². The summed E-state index contributed by atoms with van der Waals surface area (Å²) in [6.07, 6.45) is 1.52. The summed E-state index contributed by atoms with van der Waals surface area (Å²) in [6, 6.07) is 9.67. The van der Waals surface area contributed by atoms with Crippen molar-refractivity contribution in [2.75, 3.05) is 35.6 Å². The molecule has 0 saturated heterocycles. The number of anilines is 2. The highest BCUT2D eigenvalue weighted by Gasteiger charge is 2.46. The molecule has 2 heterocycles. The van der Waals surface area contributed by atoms with Gasteiger partial charge in [0.1, 0.15) is 23.2 Å². The van der Waals surface area contributed by atoms with Gasteiger partial charge in [-0.1, -0.05) is 71.9 Å². The lowest BCUT2D eigenvalue weighted by Gasteiger charge is -2.43. The van der Waals surface area contributed by atoms with Crippen molar-refractivity contribution in [1.82, 2.24) is 14.3 Å². The lowest BCUT2D eigenvalue weighted by atomic mass is 10.2. The summed E-state index contributed by atoms with van der Waals surface area (Å²) in [7, 11) is -3.99. The van der Waals surface area contributed by atoms with Crippen LogP contribution in [-0.2, 0) is 27.5 Å². The van der Waals surface area contributed by atoms with Gasteiger partial charge in [0.2, 0.25) is 10.0 Å². The van der Waals surface area contributed by atoms with Gasteiger partial charge in [-0.25, -0.2) is 18.4 Å². The predicted molar refractivity (Wildman–Crippen MR) is 155 cm³/mol. The SMILES string of the molecule is CC(C)[Si](OC[C@@H]1CNc2ncnc(N(C)Cc3ccccc3)c2CN1S(=O)(=O)CCl)(C(C)C)C(C)C. The van der Waals surface area contributed by atoms with Crippen molar-refractivity contribution in [2.45, 2.75) is 77.3 Å². The van der Waals surface area contributed by atoms with Gasteiger partial charge in [-0.3, -0.25) is 0 Å². The monoisotopic (exact) mass is 567 g/mol. The lowest BCUT2D eigenvalue weighted by Crippen LogP contribution is -2.52. The van der Waals surface area contributed by atoms with Crippen LogP contribution < -0.4 is 10.2 Å². The highest BCUT2D eigenvalue weighted by atomic mass is 35.5. The van der Waals surface area contributed by atoms with E-state index in [1.165, 1.54) is 10.6 Å². The van der Waals surface area contributed by atoms with Crippen molar-refractivity contribution in [3.8, 4) is 0 Å². The van der Waals surface area contributed by atoms with Crippen molar-refractivity contribution in [3.05, 3.63) is 47.8 Å². The average Bonchev–Trinajstić information content (AvgIpc) is 3.04. The van der Waals surface area contributed by atoms with Gasteiger partial charge in [-0.15, -0.1) is 11.6 Å². The second-order valence-electron chi connectivity index (χ2n) is 10.8. The fourth-order valence-electron chi connectivity index (χ4n) is 5.83. The predicted octanol–water partition coefficient (Wildman–Crippen LogP) is 5.43. The number of hydrogen-bond donors (Lipinski definition) is 1. The number of fused-ring (bicyclic) bond motifs is 1. The highest BCUT2D eigenvalue weighted by molar-refractivity contribution is 7.90. The van der Waals surface area contributed by atoms with Crippen LogP contribution in [0.3, 0.4) is 0 Å². The second-order valence-corrected chi connectivity index (χ2v) is 18.8. The molecule has 1 aromatic carbocycles. The molecule has 1 aliphatic heterocycles. The highest BCUT2D eigenvalue weighted by Crippen LogP contribution is 2.42. The topological polar surface area (TPSA) is 87.7 Å². The summed E-state index contributed by atoms with van der Waals surface area (Å²) < 4.78 is 34.9. The zero-order valence-corrected chi connectivity index (χ0v) is 25.7. The fourth-order valence-corrected chi connectivity index (χ4v) is 12.7. The molecule has 11 heteroatoms. The van der Waals surface area contributed by atoms with E-state index < -0.39 is 29.6 Å². The first-order valence-electron chi connectivity index (χ1n) is 13.0. The molecule has 206 valence electrons. The number of sulfonamides is 1. The molecule has 0 unspecified atom stereocenters. The molecule has 3 rings (SSSR count). The maximum Gasteiger partial charge on any atom is 0.228 e. The normalized spacial score (nSPS) is 17.1. The average molecular weight is 568 g/mol. The molecule has 0 radical (unpaired) electrons. The molecule has 1 N–H and O–H groups in total. The summed E-state index contributed by atoms with van der Waals surface area (Å²) in [4.78, 5) is 11.0. The van der Waals surface area contributed by atoms with Crippen LogP contribution in [0.4, 0.5) is 11.6 Å². The van der Waals surface area contributed by atoms with Crippen molar-refractivity contribution in [3.63, 3.8) is 0 Å². The van der Waals surface area contributed by atoms with Gasteiger partial charge in [0.15, 0.2) is 8.32 Å². The summed E-state index contributed by atoms with van der Waals surface area (Å²) in [5, 5.41) is 2.90. The van der Waals surface area contributed by atoms with Gasteiger partial charge >= 0.3 is 0 Å². The molecular weight excluding hydrogens is 526 g/mol. The molecular formula is C26H42ClN5O3SSi. The van der Waals surface area contributed by atoms with Gasteiger partial charge in [0, 0.05) is 26.7 Å². The van der Waals surface area contributed by atoms with E-state index in [9.17, 15) is 8.42 Å². The number of benzene rings is 1. The van der Waals surface area contributed by atoms with Crippen molar-refractivity contribution in [1.29, 1.82) is 0 Å². The Morgan fingerprint density at radius 2 is 1.73 bits per heavy atom. The Hall–Kier alpha value is -1.72. The van der Waals surface area contributed by atoms with E-state index in [-0.39, 0.29) is 6.54 Å². The van der Waals surface area contributed by atoms with E-state index in [1.54, 1.807) is 0 Å². The minimum absolute atomic E-state index is 0.125. The Bertz CT molecular complexity index is 1110. The molecule has 8 nitrogen and oxygen atoms in total. The minimum atomic E-state index is -3.75. The van der Waals surface area contributed by atoms with Gasteiger partial charge in [-0.05, 0) is 22.2 Å². The first-order valence-corrected chi connectivity index (χ1v) is 17.2. The standard InChI is InChI=1S/C26H42ClN5O3SSi/c1-19(2)37(20(3)4,21(5)6)35-16-23-13-28-25-24(15-32(23)36(33,34)17-27)26(30-18-29-25)31(7)14-22-11-9-8-10-12-22/h8-12,18-21,23H,13-17H2,1-7H3,(H,28,29,30)/t23-/m0/s1. The first-order chi connectivity index (χ1) is 17.4. The Balaban J connectivity index is 1.95. The van der Waals surface area contributed by atoms with Crippen LogP contribution in [0, 0.1) is 0 Å². The van der Waals surface area contributed by atoms with Gasteiger partial charge in [-0.2, -0.15) is 4.31 Å². The van der Waals surface area contributed by atoms with Gasteiger partial charge in [0.25, 0.3) is 0 Å². The maximum atomic E-state index is 13.3. The van der Waals surface area contributed by atoms with Crippen LogP contribution in [0.25, 0.3) is 0 Å². The first kappa shape index (κ1) is 29.8. The zero-order chi connectivity index (χ0) is 27.4. The van der Waals surface area contributed by atoms with Crippen LogP contribution in [0.2, 0.25) is 16.6 Å². The molecule has 0 fully saturated rings. The van der Waals surface area contributed by atoms with Crippen LogP contribution in [0.15, 0.2) is 36.7 Å². The molecule has 0 saturated carbocycles. The Labute approximate surface area is 229 Å². The van der Waals surface area contributed by atoms with Gasteiger partial charge < -0.3 is 14.6 Å². The third kappa shape index (κ3) is 6.47. The zero-order valence-electron chi connectivity index (χ0n) is 23.1. The van der Waals surface area contributed by atoms with E-state index in [2.05, 4.69) is 69.0 Å². The largest absolute Gasteiger partial charge is 0.414 e. The van der Waals surface area contributed by atoms with Crippen molar-refractivity contribution >= 4 is 41.6 Å². The molecule has 0 spiro atoms. The van der Waals surface area contributed by atoms with Crippen LogP contribution in [0.5, 0.6) is 0 Å². The van der Waals surface area contributed by atoms with E-state index in [0.29, 0.717) is 48.0 Å². The number of alkyl halides is 1. The quantitative estimate of drug-likeness (QED) is 0.286. The number of nitrogens with one attached hydrogen (secondary N) is 1.